The normalized spacial score (nSPS) is 16.0. The third-order valence-electron chi connectivity index (χ3n) is 1.73. The van der Waals surface area contributed by atoms with Crippen molar-refractivity contribution in [3.05, 3.63) is 12.2 Å². The first kappa shape index (κ1) is 11.1. The molecular formula is C9H18OS. The van der Waals surface area contributed by atoms with Gasteiger partial charge in [0.05, 0.1) is 6.10 Å². The summed E-state index contributed by atoms with van der Waals surface area (Å²) in [5.41, 5.74) is 1.25. The molecule has 11 heavy (non-hydrogen) atoms. The van der Waals surface area contributed by atoms with E-state index in [0.29, 0.717) is 5.25 Å². The Hall–Kier alpha value is 0.0500. The third-order valence-corrected chi connectivity index (χ3v) is 3.22. The largest absolute Gasteiger partial charge is 0.392 e. The van der Waals surface area contributed by atoms with Gasteiger partial charge in [0.25, 0.3) is 0 Å². The summed E-state index contributed by atoms with van der Waals surface area (Å²) in [5, 5.41) is 9.47. The molecule has 0 aromatic carbocycles. The molecule has 2 atom stereocenters. The molecular weight excluding hydrogens is 156 g/mol. The van der Waals surface area contributed by atoms with E-state index < -0.39 is 0 Å². The molecule has 1 nitrogen and oxygen atoms in total. The summed E-state index contributed by atoms with van der Waals surface area (Å²) in [6, 6.07) is 0. The van der Waals surface area contributed by atoms with E-state index in [9.17, 15) is 0 Å². The standard InChI is InChI=1S/C9H18OS/c1-5-7(2)6-11-9(4)8(3)10/h8-10H,2,5-6H2,1,3-4H3. The lowest BCUT2D eigenvalue weighted by atomic mass is 10.3. The number of aliphatic hydroxyl groups excluding tert-OH is 1. The molecule has 1 N–H and O–H groups in total. The van der Waals surface area contributed by atoms with Crippen molar-refractivity contribution in [1.29, 1.82) is 0 Å². The minimum atomic E-state index is -0.218. The second-order valence-electron chi connectivity index (χ2n) is 2.86. The van der Waals surface area contributed by atoms with Gasteiger partial charge in [0.1, 0.15) is 0 Å². The molecule has 0 rings (SSSR count). The molecule has 2 heteroatoms. The fourth-order valence-electron chi connectivity index (χ4n) is 0.491. The van der Waals surface area contributed by atoms with Crippen molar-refractivity contribution in [1.82, 2.24) is 0 Å². The summed E-state index contributed by atoms with van der Waals surface area (Å²) in [4.78, 5) is 0. The van der Waals surface area contributed by atoms with Crippen LogP contribution in [0.25, 0.3) is 0 Å². The Labute approximate surface area is 73.9 Å². The van der Waals surface area contributed by atoms with Gasteiger partial charge in [-0.15, -0.1) is 0 Å². The number of hydrogen-bond acceptors (Lipinski definition) is 2. The summed E-state index contributed by atoms with van der Waals surface area (Å²) in [6.45, 7) is 9.87. The first-order valence-electron chi connectivity index (χ1n) is 4.04. The van der Waals surface area contributed by atoms with Crippen LogP contribution in [0.15, 0.2) is 12.2 Å². The smallest absolute Gasteiger partial charge is 0.0628 e. The van der Waals surface area contributed by atoms with E-state index in [4.69, 9.17) is 5.11 Å². The second kappa shape index (κ2) is 5.67. The van der Waals surface area contributed by atoms with E-state index in [2.05, 4.69) is 13.5 Å². The predicted molar refractivity (Wildman–Crippen MR) is 53.0 cm³/mol. The number of thioether (sulfide) groups is 1. The van der Waals surface area contributed by atoms with Gasteiger partial charge in [-0.3, -0.25) is 0 Å². The van der Waals surface area contributed by atoms with Crippen molar-refractivity contribution >= 4 is 11.8 Å². The zero-order chi connectivity index (χ0) is 8.85. The van der Waals surface area contributed by atoms with Gasteiger partial charge in [-0.05, 0) is 13.3 Å². The van der Waals surface area contributed by atoms with Gasteiger partial charge in [-0.1, -0.05) is 26.0 Å². The van der Waals surface area contributed by atoms with Gasteiger partial charge >= 0.3 is 0 Å². The van der Waals surface area contributed by atoms with Crippen LogP contribution in [0.3, 0.4) is 0 Å². The van der Waals surface area contributed by atoms with E-state index in [1.807, 2.05) is 13.8 Å². The fourth-order valence-corrected chi connectivity index (χ4v) is 1.47. The Morgan fingerprint density at radius 2 is 2.09 bits per heavy atom. The van der Waals surface area contributed by atoms with Crippen LogP contribution in [0.5, 0.6) is 0 Å². The maximum Gasteiger partial charge on any atom is 0.0628 e. The first-order chi connectivity index (χ1) is 5.07. The van der Waals surface area contributed by atoms with Crippen LogP contribution in [-0.4, -0.2) is 22.2 Å². The Morgan fingerprint density at radius 3 is 2.45 bits per heavy atom. The summed E-state index contributed by atoms with van der Waals surface area (Å²) in [7, 11) is 0. The highest BCUT2D eigenvalue weighted by Gasteiger charge is 2.08. The van der Waals surface area contributed by atoms with Gasteiger partial charge in [-0.25, -0.2) is 0 Å². The summed E-state index contributed by atoms with van der Waals surface area (Å²) in [5.74, 6) is 0.975. The molecule has 66 valence electrons. The molecule has 0 saturated heterocycles. The average Bonchev–Trinajstić information content (AvgIpc) is 1.99. The zero-order valence-corrected chi connectivity index (χ0v) is 8.45. The maximum absolute atomic E-state index is 9.16. The van der Waals surface area contributed by atoms with Crippen molar-refractivity contribution in [2.24, 2.45) is 0 Å². The summed E-state index contributed by atoms with van der Waals surface area (Å²) in [6.07, 6.45) is 0.823. The third kappa shape index (κ3) is 5.33. The Kier molecular flexibility index (Phi) is 5.69. The van der Waals surface area contributed by atoms with Crippen LogP contribution < -0.4 is 0 Å². The van der Waals surface area contributed by atoms with Crippen LogP contribution in [0.2, 0.25) is 0 Å². The van der Waals surface area contributed by atoms with Gasteiger partial charge in [-0.2, -0.15) is 11.8 Å². The van der Waals surface area contributed by atoms with E-state index in [1.165, 1.54) is 5.57 Å². The minimum absolute atomic E-state index is 0.218. The lowest BCUT2D eigenvalue weighted by molar-refractivity contribution is 0.196. The molecule has 0 aliphatic carbocycles. The highest BCUT2D eigenvalue weighted by molar-refractivity contribution is 8.00. The molecule has 0 spiro atoms. The maximum atomic E-state index is 9.16. The molecule has 0 saturated carbocycles. The van der Waals surface area contributed by atoms with Crippen LogP contribution in [-0.2, 0) is 0 Å². The zero-order valence-electron chi connectivity index (χ0n) is 7.63. The van der Waals surface area contributed by atoms with Crippen molar-refractivity contribution in [2.45, 2.75) is 38.5 Å². The highest BCUT2D eigenvalue weighted by Crippen LogP contribution is 2.17. The molecule has 0 aromatic rings. The summed E-state index contributed by atoms with van der Waals surface area (Å²) < 4.78 is 0. The van der Waals surface area contributed by atoms with Crippen LogP contribution in [0, 0.1) is 0 Å². The number of hydrogen-bond donors (Lipinski definition) is 1. The van der Waals surface area contributed by atoms with E-state index in [0.717, 1.165) is 12.2 Å². The van der Waals surface area contributed by atoms with Crippen LogP contribution in [0.1, 0.15) is 27.2 Å². The summed E-state index contributed by atoms with van der Waals surface area (Å²) >= 11 is 1.77. The van der Waals surface area contributed by atoms with E-state index in [1.54, 1.807) is 11.8 Å². The Morgan fingerprint density at radius 1 is 1.55 bits per heavy atom. The quantitative estimate of drug-likeness (QED) is 0.646. The molecule has 0 aliphatic rings. The lowest BCUT2D eigenvalue weighted by Crippen LogP contribution is -2.15. The SMILES string of the molecule is C=C(CC)CSC(C)C(C)O. The van der Waals surface area contributed by atoms with Gasteiger partial charge < -0.3 is 5.11 Å². The Bertz CT molecular complexity index is 121. The molecule has 0 aliphatic heterocycles. The molecule has 0 bridgehead atoms. The minimum Gasteiger partial charge on any atom is -0.392 e. The monoisotopic (exact) mass is 174 g/mol. The van der Waals surface area contributed by atoms with Crippen molar-refractivity contribution in [3.8, 4) is 0 Å². The molecule has 0 amide bonds. The van der Waals surface area contributed by atoms with Gasteiger partial charge in [0, 0.05) is 11.0 Å². The van der Waals surface area contributed by atoms with E-state index >= 15 is 0 Å². The topological polar surface area (TPSA) is 20.2 Å². The average molecular weight is 174 g/mol. The second-order valence-corrected chi connectivity index (χ2v) is 4.23. The Balaban J connectivity index is 3.45. The lowest BCUT2D eigenvalue weighted by Gasteiger charge is -2.14. The fraction of sp³-hybridized carbons (Fsp3) is 0.778. The molecule has 2 unspecified atom stereocenters. The first-order valence-corrected chi connectivity index (χ1v) is 5.09. The van der Waals surface area contributed by atoms with Crippen LogP contribution in [0.4, 0.5) is 0 Å². The molecule has 0 aromatic heterocycles. The molecule has 0 radical (unpaired) electrons. The highest BCUT2D eigenvalue weighted by atomic mass is 32.2. The number of aliphatic hydroxyl groups is 1. The molecule has 0 heterocycles. The van der Waals surface area contributed by atoms with Crippen molar-refractivity contribution in [2.75, 3.05) is 5.75 Å². The van der Waals surface area contributed by atoms with Gasteiger partial charge in [0.15, 0.2) is 0 Å². The predicted octanol–water partition coefficient (Wildman–Crippen LogP) is 2.46. The van der Waals surface area contributed by atoms with Crippen molar-refractivity contribution < 1.29 is 5.11 Å². The van der Waals surface area contributed by atoms with Crippen LogP contribution >= 0.6 is 11.8 Å². The number of rotatable bonds is 5. The van der Waals surface area contributed by atoms with Gasteiger partial charge in [0.2, 0.25) is 0 Å². The van der Waals surface area contributed by atoms with E-state index in [-0.39, 0.29) is 6.10 Å². The van der Waals surface area contributed by atoms with Crippen molar-refractivity contribution in [3.63, 3.8) is 0 Å². The molecule has 0 fully saturated rings.